The van der Waals surface area contributed by atoms with E-state index in [9.17, 15) is 9.59 Å². The van der Waals surface area contributed by atoms with E-state index in [1.807, 2.05) is 32.6 Å². The number of nitrogens with zero attached hydrogens (tertiary/aromatic N) is 4. The number of hydrogen-bond acceptors (Lipinski definition) is 5. The molecule has 26 heavy (non-hydrogen) atoms. The fraction of sp³-hybridized carbons (Fsp3) is 0.684. The number of morpholine rings is 1. The highest BCUT2D eigenvalue weighted by atomic mass is 16.5. The van der Waals surface area contributed by atoms with Crippen LogP contribution < -0.4 is 0 Å². The zero-order valence-corrected chi connectivity index (χ0v) is 16.1. The summed E-state index contributed by atoms with van der Waals surface area (Å²) in [5.74, 6) is 0.646. The molecule has 1 aromatic heterocycles. The van der Waals surface area contributed by atoms with Crippen molar-refractivity contribution in [3.8, 4) is 0 Å². The number of aromatic nitrogens is 2. The second kappa shape index (κ2) is 7.31. The predicted octanol–water partition coefficient (Wildman–Crippen LogP) is 1.97. The van der Waals surface area contributed by atoms with Gasteiger partial charge in [-0.1, -0.05) is 20.8 Å². The minimum Gasteiger partial charge on any atom is -0.378 e. The predicted molar refractivity (Wildman–Crippen MR) is 96.6 cm³/mol. The summed E-state index contributed by atoms with van der Waals surface area (Å²) in [6, 6.07) is -0.164. The molecule has 142 valence electrons. The molecule has 3 rings (SSSR count). The van der Waals surface area contributed by atoms with Crippen molar-refractivity contribution in [3.63, 3.8) is 0 Å². The number of carbonyl (C=O) groups is 2. The van der Waals surface area contributed by atoms with Gasteiger partial charge in [0.05, 0.1) is 30.5 Å². The van der Waals surface area contributed by atoms with Gasteiger partial charge in [-0.25, -0.2) is 9.97 Å². The summed E-state index contributed by atoms with van der Waals surface area (Å²) in [6.07, 6.45) is 3.36. The standard InChI is InChI=1S/C19H28N4O3/c1-13-20-12-14(17(24)22-8-10-26-11-9-22)16(21-13)15-6-5-7-23(15)18(25)19(2,3)4/h12,15H,5-11H2,1-4H3/t15-/m1/s1. The molecule has 3 heterocycles. The van der Waals surface area contributed by atoms with E-state index < -0.39 is 5.41 Å². The summed E-state index contributed by atoms with van der Waals surface area (Å²) in [5, 5.41) is 0. The van der Waals surface area contributed by atoms with Crippen molar-refractivity contribution >= 4 is 11.8 Å². The van der Waals surface area contributed by atoms with E-state index in [1.165, 1.54) is 0 Å². The molecule has 7 nitrogen and oxygen atoms in total. The molecule has 1 aromatic rings. The lowest BCUT2D eigenvalue weighted by Gasteiger charge is -2.32. The van der Waals surface area contributed by atoms with Gasteiger partial charge >= 0.3 is 0 Å². The fourth-order valence-corrected chi connectivity index (χ4v) is 3.57. The highest BCUT2D eigenvalue weighted by Crippen LogP contribution is 2.36. The number of aryl methyl sites for hydroxylation is 1. The van der Waals surface area contributed by atoms with Gasteiger partial charge in [-0.2, -0.15) is 0 Å². The first-order valence-corrected chi connectivity index (χ1v) is 9.30. The van der Waals surface area contributed by atoms with Gasteiger partial charge in [0.1, 0.15) is 5.82 Å². The van der Waals surface area contributed by atoms with Gasteiger partial charge in [0, 0.05) is 31.2 Å². The third kappa shape index (κ3) is 3.72. The molecule has 0 unspecified atom stereocenters. The van der Waals surface area contributed by atoms with Gasteiger partial charge in [0.15, 0.2) is 0 Å². The molecule has 0 aromatic carbocycles. The molecule has 0 saturated carbocycles. The van der Waals surface area contributed by atoms with Crippen LogP contribution in [0, 0.1) is 12.3 Å². The van der Waals surface area contributed by atoms with Crippen molar-refractivity contribution in [2.45, 2.75) is 46.6 Å². The lowest BCUT2D eigenvalue weighted by molar-refractivity contribution is -0.140. The Morgan fingerprint density at radius 2 is 1.88 bits per heavy atom. The van der Waals surface area contributed by atoms with E-state index in [-0.39, 0.29) is 17.9 Å². The maximum absolute atomic E-state index is 13.0. The average Bonchev–Trinajstić information content (AvgIpc) is 3.09. The van der Waals surface area contributed by atoms with Gasteiger partial charge < -0.3 is 14.5 Å². The highest BCUT2D eigenvalue weighted by Gasteiger charge is 2.38. The van der Waals surface area contributed by atoms with Crippen LogP contribution in [0.4, 0.5) is 0 Å². The monoisotopic (exact) mass is 360 g/mol. The highest BCUT2D eigenvalue weighted by molar-refractivity contribution is 5.95. The van der Waals surface area contributed by atoms with Gasteiger partial charge in [0.25, 0.3) is 5.91 Å². The topological polar surface area (TPSA) is 75.6 Å². The molecule has 2 aliphatic heterocycles. The molecule has 0 aliphatic carbocycles. The van der Waals surface area contributed by atoms with Crippen molar-refractivity contribution in [2.24, 2.45) is 5.41 Å². The normalized spacial score (nSPS) is 21.2. The molecule has 2 fully saturated rings. The average molecular weight is 360 g/mol. The van der Waals surface area contributed by atoms with Gasteiger partial charge in [0.2, 0.25) is 5.91 Å². The first kappa shape index (κ1) is 18.8. The second-order valence-electron chi connectivity index (χ2n) is 8.03. The first-order chi connectivity index (χ1) is 12.3. The van der Waals surface area contributed by atoms with Crippen LogP contribution in [0.25, 0.3) is 0 Å². The molecule has 1 atom stereocenters. The third-order valence-electron chi connectivity index (χ3n) is 4.94. The Bertz CT molecular complexity index is 693. The Labute approximate surface area is 154 Å². The molecule has 2 aliphatic rings. The van der Waals surface area contributed by atoms with Crippen LogP contribution in [0.5, 0.6) is 0 Å². The molecule has 0 radical (unpaired) electrons. The number of rotatable bonds is 2. The second-order valence-corrected chi connectivity index (χ2v) is 8.03. The quantitative estimate of drug-likeness (QED) is 0.806. The van der Waals surface area contributed by atoms with Crippen LogP contribution in [0.3, 0.4) is 0 Å². The fourth-order valence-electron chi connectivity index (χ4n) is 3.57. The summed E-state index contributed by atoms with van der Waals surface area (Å²) in [7, 11) is 0. The third-order valence-corrected chi connectivity index (χ3v) is 4.94. The number of hydrogen-bond donors (Lipinski definition) is 0. The first-order valence-electron chi connectivity index (χ1n) is 9.30. The van der Waals surface area contributed by atoms with Crippen molar-refractivity contribution in [2.75, 3.05) is 32.8 Å². The molecule has 0 N–H and O–H groups in total. The Balaban J connectivity index is 1.94. The van der Waals surface area contributed by atoms with Crippen LogP contribution in [0.2, 0.25) is 0 Å². The molecular formula is C19H28N4O3. The molecule has 0 bridgehead atoms. The van der Waals surface area contributed by atoms with Crippen LogP contribution >= 0.6 is 0 Å². The van der Waals surface area contributed by atoms with Crippen molar-refractivity contribution in [1.82, 2.24) is 19.8 Å². The lowest BCUT2D eigenvalue weighted by atomic mass is 9.93. The van der Waals surface area contributed by atoms with E-state index in [0.717, 1.165) is 12.8 Å². The summed E-state index contributed by atoms with van der Waals surface area (Å²) in [6.45, 7) is 10.5. The van der Waals surface area contributed by atoms with E-state index >= 15 is 0 Å². The summed E-state index contributed by atoms with van der Waals surface area (Å²) < 4.78 is 5.34. The number of likely N-dealkylation sites (tertiary alicyclic amines) is 1. The zero-order chi connectivity index (χ0) is 18.9. The van der Waals surface area contributed by atoms with E-state index in [1.54, 1.807) is 11.1 Å². The Morgan fingerprint density at radius 3 is 2.54 bits per heavy atom. The lowest BCUT2D eigenvalue weighted by Crippen LogP contribution is -2.42. The zero-order valence-electron chi connectivity index (χ0n) is 16.1. The SMILES string of the molecule is Cc1ncc(C(=O)N2CCOCC2)c([C@H]2CCCN2C(=O)C(C)(C)C)n1. The Hall–Kier alpha value is -2.02. The van der Waals surface area contributed by atoms with Crippen LogP contribution in [0.15, 0.2) is 6.20 Å². The Morgan fingerprint density at radius 1 is 1.19 bits per heavy atom. The van der Waals surface area contributed by atoms with Gasteiger partial charge in [-0.15, -0.1) is 0 Å². The smallest absolute Gasteiger partial charge is 0.257 e. The number of amides is 2. The molecular weight excluding hydrogens is 332 g/mol. The van der Waals surface area contributed by atoms with Crippen LogP contribution in [-0.4, -0.2) is 64.4 Å². The summed E-state index contributed by atoms with van der Waals surface area (Å²) in [5.41, 5.74) is 0.735. The molecule has 0 spiro atoms. The largest absolute Gasteiger partial charge is 0.378 e. The minimum atomic E-state index is -0.459. The summed E-state index contributed by atoms with van der Waals surface area (Å²) >= 11 is 0. The number of carbonyl (C=O) groups excluding carboxylic acids is 2. The van der Waals surface area contributed by atoms with Gasteiger partial charge in [-0.3, -0.25) is 9.59 Å². The van der Waals surface area contributed by atoms with Crippen molar-refractivity contribution in [1.29, 1.82) is 0 Å². The maximum atomic E-state index is 13.0. The van der Waals surface area contributed by atoms with Crippen molar-refractivity contribution in [3.05, 3.63) is 23.3 Å². The number of ether oxygens (including phenoxy) is 1. The van der Waals surface area contributed by atoms with E-state index in [4.69, 9.17) is 4.74 Å². The summed E-state index contributed by atoms with van der Waals surface area (Å²) in [4.78, 5) is 38.5. The molecule has 7 heteroatoms. The molecule has 2 amide bonds. The van der Waals surface area contributed by atoms with Crippen molar-refractivity contribution < 1.29 is 14.3 Å². The van der Waals surface area contributed by atoms with E-state index in [2.05, 4.69) is 9.97 Å². The van der Waals surface area contributed by atoms with Gasteiger partial charge in [-0.05, 0) is 19.8 Å². The molecule has 2 saturated heterocycles. The van der Waals surface area contributed by atoms with Crippen LogP contribution in [0.1, 0.15) is 61.5 Å². The van der Waals surface area contributed by atoms with Crippen LogP contribution in [-0.2, 0) is 9.53 Å². The Kier molecular flexibility index (Phi) is 5.27. The maximum Gasteiger partial charge on any atom is 0.257 e. The minimum absolute atomic E-state index is 0.0710. The van der Waals surface area contributed by atoms with E-state index in [0.29, 0.717) is 49.9 Å².